The van der Waals surface area contributed by atoms with E-state index in [1.165, 1.54) is 12.0 Å². The summed E-state index contributed by atoms with van der Waals surface area (Å²) >= 11 is 0. The van der Waals surface area contributed by atoms with Crippen LogP contribution in [0.25, 0.3) is 16.7 Å². The molecule has 2 aliphatic heterocycles. The van der Waals surface area contributed by atoms with Crippen LogP contribution in [0.3, 0.4) is 0 Å². The molecule has 384 valence electrons. The Bertz CT molecular complexity index is 2660. The molecule has 4 aromatic carbocycles. The maximum absolute atomic E-state index is 14.7. The topological polar surface area (TPSA) is 185 Å². The molecule has 0 saturated carbocycles. The van der Waals surface area contributed by atoms with Crippen molar-refractivity contribution in [1.82, 2.24) is 15.6 Å². The zero-order valence-electron chi connectivity index (χ0n) is 43.8. The number of esters is 1. The van der Waals surface area contributed by atoms with E-state index in [-0.39, 0.29) is 46.8 Å². The molecule has 7 rings (SSSR count). The molecule has 72 heavy (non-hydrogen) atoms. The van der Waals surface area contributed by atoms with Gasteiger partial charge in [-0.25, -0.2) is 19.9 Å². The van der Waals surface area contributed by atoms with Gasteiger partial charge in [-0.3, -0.25) is 14.4 Å². The number of amides is 3. The van der Waals surface area contributed by atoms with Crippen LogP contribution in [0.2, 0.25) is 16.6 Å². The van der Waals surface area contributed by atoms with Crippen molar-refractivity contribution in [3.8, 4) is 22.6 Å². The Hall–Kier alpha value is -6.49. The Morgan fingerprint density at radius 1 is 0.792 bits per heavy atom. The first-order valence-corrected chi connectivity index (χ1v) is 27.1. The van der Waals surface area contributed by atoms with Crippen molar-refractivity contribution >= 4 is 54.9 Å². The van der Waals surface area contributed by atoms with Crippen molar-refractivity contribution in [2.75, 3.05) is 24.0 Å². The number of ether oxygens (including phenoxy) is 3. The first kappa shape index (κ1) is 53.3. The number of hydrogen-bond acceptors (Lipinski definition) is 12. The zero-order valence-corrected chi connectivity index (χ0v) is 44.8. The molecule has 0 bridgehead atoms. The Labute approximate surface area is 424 Å². The molecule has 0 unspecified atom stereocenters. The van der Waals surface area contributed by atoms with Crippen LogP contribution in [0.5, 0.6) is 11.5 Å². The number of Topliss-reactive ketones (excluding diaryl/α,β-unsaturated/α-hetero) is 1. The number of ketones is 1. The molecule has 0 aromatic heterocycles. The van der Waals surface area contributed by atoms with Gasteiger partial charge in [-0.05, 0) is 108 Å². The van der Waals surface area contributed by atoms with Crippen LogP contribution in [0, 0.1) is 5.92 Å². The molecule has 0 fully saturated rings. The van der Waals surface area contributed by atoms with Crippen LogP contribution < -0.4 is 30.2 Å². The number of benzene rings is 4. The van der Waals surface area contributed by atoms with Gasteiger partial charge in [0.05, 0.1) is 24.4 Å². The van der Waals surface area contributed by atoms with Gasteiger partial charge in [0.2, 0.25) is 5.91 Å². The van der Waals surface area contributed by atoms with Crippen molar-refractivity contribution < 1.29 is 47.7 Å². The average Bonchev–Trinajstić information content (AvgIpc) is 3.90. The summed E-state index contributed by atoms with van der Waals surface area (Å²) in [5.41, 5.74) is 12.3. The van der Waals surface area contributed by atoms with Gasteiger partial charge >= 0.3 is 12.1 Å². The number of anilines is 2. The first-order chi connectivity index (χ1) is 34.0. The van der Waals surface area contributed by atoms with Crippen molar-refractivity contribution in [3.63, 3.8) is 0 Å². The fraction of sp³-hybridized carbons (Fsp3) is 0.446. The normalized spacial score (nSPS) is 17.4. The third-order valence-corrected chi connectivity index (χ3v) is 20.1. The third-order valence-electron chi connectivity index (χ3n) is 14.2. The molecule has 2 heterocycles. The molecular weight excluding hydrogens is 931 g/mol. The van der Waals surface area contributed by atoms with Crippen LogP contribution in [0.4, 0.5) is 16.2 Å². The molecular formula is C56H71N5O10Si. The predicted molar refractivity (Wildman–Crippen MR) is 281 cm³/mol. The first-order valence-electron chi connectivity index (χ1n) is 24.9. The van der Waals surface area contributed by atoms with E-state index in [4.69, 9.17) is 18.6 Å². The molecule has 3 amide bonds. The van der Waals surface area contributed by atoms with E-state index in [2.05, 4.69) is 57.7 Å². The van der Waals surface area contributed by atoms with Gasteiger partial charge in [0.25, 0.3) is 20.0 Å². The molecule has 4 aromatic rings. The maximum atomic E-state index is 14.7. The van der Waals surface area contributed by atoms with E-state index in [1.807, 2.05) is 60.7 Å². The molecule has 0 saturated heterocycles. The highest BCUT2D eigenvalue weighted by atomic mass is 28.4. The summed E-state index contributed by atoms with van der Waals surface area (Å²) in [6, 6.07) is 23.5. The van der Waals surface area contributed by atoms with Crippen LogP contribution in [-0.2, 0) is 23.9 Å². The Morgan fingerprint density at radius 3 is 1.92 bits per heavy atom. The number of rotatable bonds is 17. The largest absolute Gasteiger partial charge is 0.540 e. The lowest BCUT2D eigenvalue weighted by Gasteiger charge is -2.42. The fourth-order valence-corrected chi connectivity index (χ4v) is 15.8. The molecule has 0 spiro atoms. The zero-order chi connectivity index (χ0) is 52.6. The van der Waals surface area contributed by atoms with Crippen molar-refractivity contribution in [2.45, 2.75) is 142 Å². The van der Waals surface area contributed by atoms with Gasteiger partial charge in [0.1, 0.15) is 30.0 Å². The summed E-state index contributed by atoms with van der Waals surface area (Å²) < 4.78 is 24.5. The van der Waals surface area contributed by atoms with Crippen LogP contribution in [-0.4, -0.2) is 91.7 Å². The number of hydrogen-bond donors (Lipinski definition) is 4. The Balaban J connectivity index is 1.03. The minimum Gasteiger partial charge on any atom is -0.540 e. The van der Waals surface area contributed by atoms with E-state index in [0.717, 1.165) is 38.3 Å². The van der Waals surface area contributed by atoms with Gasteiger partial charge < -0.3 is 39.4 Å². The van der Waals surface area contributed by atoms with Gasteiger partial charge in [0.15, 0.2) is 12.0 Å². The minimum absolute atomic E-state index is 0.0142. The number of nitrogens with zero attached hydrogens (tertiary/aromatic N) is 2. The number of aliphatic hydroxyl groups is 1. The highest BCUT2D eigenvalue weighted by molar-refractivity contribution is 6.78. The summed E-state index contributed by atoms with van der Waals surface area (Å²) in [5, 5.41) is 15.0. The van der Waals surface area contributed by atoms with E-state index < -0.39 is 73.8 Å². The molecule has 0 radical (unpaired) electrons. The molecule has 3 aliphatic rings. The average molecular weight is 1000 g/mol. The standard InChI is InChI=1S/C56H71N5O10Si/c1-31(2)49(50(62)54(66)69-30-44-41-20-16-14-18-39(41)40-19-15-17-21-42(40)44)57-51(63)35(9)58-59-38-24-22-36(23-25-38)37-26-46-53(65)61(55(67)70-56(10,11)12)45-28-48(71-72(32(3)4,33(5)6)34(7)8)47(68-13)27-43(45)52(64)60(46)29-37/h14-25,27-29,31-35,44,46,49,53,58-59,65H,26,30H2,1-13H3,(H,57,63)/t35-,46+,49+,53+/m1/s1. The highest BCUT2D eigenvalue weighted by Gasteiger charge is 2.50. The third kappa shape index (κ3) is 10.5. The van der Waals surface area contributed by atoms with Crippen molar-refractivity contribution in [2.24, 2.45) is 5.92 Å². The van der Waals surface area contributed by atoms with Crippen molar-refractivity contribution in [1.29, 1.82) is 0 Å². The summed E-state index contributed by atoms with van der Waals surface area (Å²) in [6.45, 7) is 23.3. The van der Waals surface area contributed by atoms with Crippen LogP contribution >= 0.6 is 0 Å². The van der Waals surface area contributed by atoms with Crippen LogP contribution in [0.15, 0.2) is 91.1 Å². The SMILES string of the molecule is COc1cc2c(cc1O[Si](C(C)C)(C(C)C)C(C)C)N(C(=O)OC(C)(C)C)[C@@H](O)[C@@H]1CC(c3ccc(NN[C@H](C)C(=O)N[C@H](C(=O)C(=O)OCC4c5ccccc5-c5ccccc54)C(C)C)cc3)=CN1C2=O. The number of nitrogens with one attached hydrogen (secondary N) is 3. The second-order valence-electron chi connectivity index (χ2n) is 21.3. The number of aliphatic hydroxyl groups excluding tert-OH is 1. The second-order valence-corrected chi connectivity index (χ2v) is 26.7. The lowest BCUT2D eigenvalue weighted by atomic mass is 9.97. The number of carbonyl (C=O) groups excluding carboxylic acids is 5. The summed E-state index contributed by atoms with van der Waals surface area (Å²) in [6.07, 6.45) is -0.419. The van der Waals surface area contributed by atoms with E-state index in [0.29, 0.717) is 17.2 Å². The van der Waals surface area contributed by atoms with E-state index >= 15 is 0 Å². The van der Waals surface area contributed by atoms with Gasteiger partial charge in [-0.15, -0.1) is 0 Å². The molecule has 1 aliphatic carbocycles. The van der Waals surface area contributed by atoms with Gasteiger partial charge in [-0.2, -0.15) is 0 Å². The summed E-state index contributed by atoms with van der Waals surface area (Å²) in [7, 11) is -1.04. The molecule has 16 heteroatoms. The quantitative estimate of drug-likeness (QED) is 0.0340. The molecule has 4 N–H and O–H groups in total. The maximum Gasteiger partial charge on any atom is 0.417 e. The van der Waals surface area contributed by atoms with E-state index in [1.54, 1.807) is 72.0 Å². The molecule has 4 atom stereocenters. The van der Waals surface area contributed by atoms with Gasteiger partial charge in [0, 0.05) is 23.9 Å². The number of methoxy groups -OCH3 is 1. The minimum atomic E-state index is -2.56. The van der Waals surface area contributed by atoms with Crippen molar-refractivity contribution in [3.05, 3.63) is 113 Å². The van der Waals surface area contributed by atoms with Crippen LogP contribution in [0.1, 0.15) is 122 Å². The lowest BCUT2D eigenvalue weighted by molar-refractivity contribution is -0.155. The second kappa shape index (κ2) is 21.3. The Morgan fingerprint density at radius 2 is 1.38 bits per heavy atom. The van der Waals surface area contributed by atoms with E-state index in [9.17, 15) is 29.1 Å². The summed E-state index contributed by atoms with van der Waals surface area (Å²) in [4.78, 5) is 71.6. The predicted octanol–water partition coefficient (Wildman–Crippen LogP) is 9.95. The number of fused-ring (bicyclic) bond motifs is 5. The monoisotopic (exact) mass is 1000 g/mol. The Kier molecular flexibility index (Phi) is 15.8. The lowest BCUT2D eigenvalue weighted by Crippen LogP contribution is -2.53. The number of carbonyl (C=O) groups is 5. The van der Waals surface area contributed by atoms with Gasteiger partial charge in [-0.1, -0.05) is 116 Å². The fourth-order valence-electron chi connectivity index (χ4n) is 10.6. The smallest absolute Gasteiger partial charge is 0.417 e. The highest BCUT2D eigenvalue weighted by Crippen LogP contribution is 2.49. The number of hydrazine groups is 1. The molecule has 15 nitrogen and oxygen atoms in total. The summed E-state index contributed by atoms with van der Waals surface area (Å²) in [5.74, 6) is -2.68.